The summed E-state index contributed by atoms with van der Waals surface area (Å²) in [6, 6.07) is 6.96. The van der Waals surface area contributed by atoms with Gasteiger partial charge in [0, 0.05) is 30.8 Å². The topological polar surface area (TPSA) is 107 Å². The number of carbonyl (C=O) groups excluding carboxylic acids is 1. The van der Waals surface area contributed by atoms with Crippen LogP contribution in [0.15, 0.2) is 60.3 Å². The van der Waals surface area contributed by atoms with E-state index < -0.39 is 0 Å². The second kappa shape index (κ2) is 7.82. The van der Waals surface area contributed by atoms with Gasteiger partial charge in [-0.1, -0.05) is 12.6 Å². The summed E-state index contributed by atoms with van der Waals surface area (Å²) in [7, 11) is 3.32. The zero-order valence-electron chi connectivity index (χ0n) is 17.3. The van der Waals surface area contributed by atoms with Crippen molar-refractivity contribution < 1.29 is 9.53 Å². The Bertz CT molecular complexity index is 1360. The minimum absolute atomic E-state index is 0.291. The molecule has 1 aromatic carbocycles. The summed E-state index contributed by atoms with van der Waals surface area (Å²) in [4.78, 5) is 29.3. The second-order valence-electron chi connectivity index (χ2n) is 6.85. The third-order valence-electron chi connectivity index (χ3n) is 4.67. The van der Waals surface area contributed by atoms with Crippen molar-refractivity contribution in [2.45, 2.75) is 6.92 Å². The SMILES string of the molecule is C=CC(=O)Nc1cccc(-n2cc(Nc3cn(C)nc3OC)c3ncc(C)n3c2=O)c1. The van der Waals surface area contributed by atoms with Crippen molar-refractivity contribution >= 4 is 28.6 Å². The van der Waals surface area contributed by atoms with E-state index in [1.54, 1.807) is 61.5 Å². The normalized spacial score (nSPS) is 10.8. The molecular weight excluding hydrogens is 398 g/mol. The minimum atomic E-state index is -0.337. The number of anilines is 3. The van der Waals surface area contributed by atoms with Gasteiger partial charge in [0.15, 0.2) is 5.65 Å². The molecule has 10 heteroatoms. The maximum atomic E-state index is 13.2. The fraction of sp³-hybridized carbons (Fsp3) is 0.143. The number of rotatable bonds is 6. The molecule has 0 spiro atoms. The molecule has 0 atom stereocenters. The molecule has 31 heavy (non-hydrogen) atoms. The van der Waals surface area contributed by atoms with Gasteiger partial charge in [-0.25, -0.2) is 14.2 Å². The fourth-order valence-electron chi connectivity index (χ4n) is 3.27. The van der Waals surface area contributed by atoms with E-state index in [1.165, 1.54) is 22.2 Å². The highest BCUT2D eigenvalue weighted by Crippen LogP contribution is 2.28. The van der Waals surface area contributed by atoms with Gasteiger partial charge in [-0.3, -0.25) is 14.0 Å². The van der Waals surface area contributed by atoms with Gasteiger partial charge in [0.25, 0.3) is 5.88 Å². The molecule has 0 aliphatic carbocycles. The summed E-state index contributed by atoms with van der Waals surface area (Å²) in [6.45, 7) is 5.26. The Morgan fingerprint density at radius 2 is 2.06 bits per heavy atom. The van der Waals surface area contributed by atoms with Crippen LogP contribution in [0.4, 0.5) is 17.1 Å². The van der Waals surface area contributed by atoms with Crippen LogP contribution in [0.1, 0.15) is 5.69 Å². The van der Waals surface area contributed by atoms with Crippen LogP contribution in [0, 0.1) is 6.92 Å². The average Bonchev–Trinajstić information content (AvgIpc) is 3.32. The Balaban J connectivity index is 1.87. The van der Waals surface area contributed by atoms with E-state index in [0.717, 1.165) is 0 Å². The van der Waals surface area contributed by atoms with Crippen molar-refractivity contribution in [1.82, 2.24) is 23.7 Å². The maximum Gasteiger partial charge on any atom is 0.338 e. The number of benzene rings is 1. The number of nitrogens with one attached hydrogen (secondary N) is 2. The molecule has 0 bridgehead atoms. The number of nitrogens with zero attached hydrogens (tertiary/aromatic N) is 5. The van der Waals surface area contributed by atoms with Gasteiger partial charge in [0.2, 0.25) is 5.91 Å². The summed E-state index contributed by atoms with van der Waals surface area (Å²) in [6.07, 6.45) is 6.24. The number of methoxy groups -OCH3 is 1. The van der Waals surface area contributed by atoms with Gasteiger partial charge in [-0.05, 0) is 31.2 Å². The Kier molecular flexibility index (Phi) is 5.04. The number of imidazole rings is 1. The number of aryl methyl sites for hydroxylation is 2. The first kappa shape index (κ1) is 20.0. The largest absolute Gasteiger partial charge is 0.478 e. The van der Waals surface area contributed by atoms with Crippen molar-refractivity contribution in [3.05, 3.63) is 71.7 Å². The lowest BCUT2D eigenvalue weighted by Gasteiger charge is -2.13. The zero-order chi connectivity index (χ0) is 22.1. The molecule has 0 radical (unpaired) electrons. The first-order chi connectivity index (χ1) is 14.9. The molecule has 4 rings (SSSR count). The van der Waals surface area contributed by atoms with Gasteiger partial charge in [0.05, 0.1) is 24.7 Å². The van der Waals surface area contributed by atoms with Crippen molar-refractivity contribution in [3.8, 4) is 11.6 Å². The minimum Gasteiger partial charge on any atom is -0.478 e. The van der Waals surface area contributed by atoms with Crippen molar-refractivity contribution in [2.24, 2.45) is 7.05 Å². The molecule has 4 aromatic rings. The van der Waals surface area contributed by atoms with Crippen LogP contribution in [0.5, 0.6) is 5.88 Å². The van der Waals surface area contributed by atoms with Crippen LogP contribution in [0.25, 0.3) is 11.3 Å². The highest BCUT2D eigenvalue weighted by molar-refractivity contribution is 5.99. The lowest BCUT2D eigenvalue weighted by atomic mass is 10.2. The number of hydrogen-bond acceptors (Lipinski definition) is 6. The van der Waals surface area contributed by atoms with Gasteiger partial charge in [0.1, 0.15) is 5.69 Å². The molecule has 0 unspecified atom stereocenters. The summed E-state index contributed by atoms with van der Waals surface area (Å²) in [5.74, 6) is 0.0762. The molecule has 158 valence electrons. The fourth-order valence-corrected chi connectivity index (χ4v) is 3.27. The number of fused-ring (bicyclic) bond motifs is 1. The Hall–Kier alpha value is -4.34. The van der Waals surface area contributed by atoms with E-state index >= 15 is 0 Å². The van der Waals surface area contributed by atoms with Gasteiger partial charge < -0.3 is 15.4 Å². The van der Waals surface area contributed by atoms with E-state index in [4.69, 9.17) is 4.74 Å². The molecule has 1 amide bonds. The smallest absolute Gasteiger partial charge is 0.338 e. The first-order valence-corrected chi connectivity index (χ1v) is 9.39. The van der Waals surface area contributed by atoms with Crippen molar-refractivity contribution in [2.75, 3.05) is 17.7 Å². The highest BCUT2D eigenvalue weighted by Gasteiger charge is 2.16. The first-order valence-electron chi connectivity index (χ1n) is 9.39. The zero-order valence-corrected chi connectivity index (χ0v) is 17.3. The summed E-state index contributed by atoms with van der Waals surface area (Å²) >= 11 is 0. The quantitative estimate of drug-likeness (QED) is 0.465. The molecule has 10 nitrogen and oxygen atoms in total. The molecule has 0 fully saturated rings. The molecular formula is C21H21N7O3. The molecule has 0 saturated heterocycles. The lowest BCUT2D eigenvalue weighted by Crippen LogP contribution is -2.26. The molecule has 0 aliphatic heterocycles. The highest BCUT2D eigenvalue weighted by atomic mass is 16.5. The molecule has 3 heterocycles. The number of carbonyl (C=O) groups is 1. The molecule has 0 aliphatic rings. The standard InChI is InChI=1S/C21H21N7O3/c1-5-18(29)23-14-7-6-8-15(9-14)27-12-16(19-22-10-13(2)28(19)21(27)30)24-17-11-26(3)25-20(17)31-4/h5-12,24H,1H2,2-4H3,(H,23,29). The van der Waals surface area contributed by atoms with Crippen LogP contribution in [-0.2, 0) is 11.8 Å². The second-order valence-corrected chi connectivity index (χ2v) is 6.85. The third kappa shape index (κ3) is 3.66. The van der Waals surface area contributed by atoms with Crippen LogP contribution in [0.2, 0.25) is 0 Å². The van der Waals surface area contributed by atoms with Crippen LogP contribution >= 0.6 is 0 Å². The Labute approximate surface area is 177 Å². The summed E-state index contributed by atoms with van der Waals surface area (Å²) < 4.78 is 9.94. The van der Waals surface area contributed by atoms with Gasteiger partial charge in [-0.15, -0.1) is 5.10 Å². The van der Waals surface area contributed by atoms with Gasteiger partial charge >= 0.3 is 5.69 Å². The van der Waals surface area contributed by atoms with Crippen molar-refractivity contribution in [3.63, 3.8) is 0 Å². The molecule has 3 aromatic heterocycles. The van der Waals surface area contributed by atoms with E-state index in [-0.39, 0.29) is 11.6 Å². The predicted molar refractivity (Wildman–Crippen MR) is 117 cm³/mol. The van der Waals surface area contributed by atoms with E-state index in [1.807, 2.05) is 0 Å². The Morgan fingerprint density at radius 1 is 1.26 bits per heavy atom. The Morgan fingerprint density at radius 3 is 2.81 bits per heavy atom. The number of aromatic nitrogens is 5. The third-order valence-corrected chi connectivity index (χ3v) is 4.67. The van der Waals surface area contributed by atoms with E-state index in [2.05, 4.69) is 27.3 Å². The van der Waals surface area contributed by atoms with Crippen LogP contribution in [0.3, 0.4) is 0 Å². The number of hydrogen-bond donors (Lipinski definition) is 2. The molecule has 2 N–H and O–H groups in total. The van der Waals surface area contributed by atoms with Gasteiger partial charge in [-0.2, -0.15) is 0 Å². The van der Waals surface area contributed by atoms with E-state index in [0.29, 0.717) is 40.0 Å². The summed E-state index contributed by atoms with van der Waals surface area (Å²) in [5, 5.41) is 10.2. The van der Waals surface area contributed by atoms with Crippen LogP contribution in [-0.4, -0.2) is 36.7 Å². The van der Waals surface area contributed by atoms with E-state index in [9.17, 15) is 9.59 Å². The molecule has 0 saturated carbocycles. The number of ether oxygens (including phenoxy) is 1. The maximum absolute atomic E-state index is 13.2. The average molecular weight is 419 g/mol. The lowest BCUT2D eigenvalue weighted by molar-refractivity contribution is -0.111. The van der Waals surface area contributed by atoms with Crippen LogP contribution < -0.4 is 21.1 Å². The monoisotopic (exact) mass is 419 g/mol. The predicted octanol–water partition coefficient (Wildman–Crippen LogP) is 2.40. The van der Waals surface area contributed by atoms with Crippen molar-refractivity contribution in [1.29, 1.82) is 0 Å². The summed E-state index contributed by atoms with van der Waals surface area (Å²) in [5.41, 5.74) is 3.20. The number of amides is 1.